The van der Waals surface area contributed by atoms with E-state index in [0.717, 1.165) is 6.20 Å². The van der Waals surface area contributed by atoms with Crippen LogP contribution in [0, 0.1) is 0 Å². The Morgan fingerprint density at radius 1 is 0.861 bits per heavy atom. The summed E-state index contributed by atoms with van der Waals surface area (Å²) in [6.45, 7) is 1.26. The van der Waals surface area contributed by atoms with Gasteiger partial charge in [0.2, 0.25) is 5.82 Å². The molecule has 0 saturated heterocycles. The Morgan fingerprint density at radius 3 is 1.97 bits per heavy atom. The fourth-order valence-electron chi connectivity index (χ4n) is 2.76. The smallest absolute Gasteiger partial charge is 0.255 e. The molecule has 0 bridgehead atoms. The van der Waals surface area contributed by atoms with Crippen LogP contribution in [0.25, 0.3) is 23.0 Å². The molecule has 8 nitrogen and oxygen atoms in total. The minimum Gasteiger partial charge on any atom is -0.255 e. The maximum absolute atomic E-state index is 14.2. The van der Waals surface area contributed by atoms with Crippen LogP contribution in [0.15, 0.2) is 35.7 Å². The predicted molar refractivity (Wildman–Crippen MR) is 103 cm³/mol. The number of halogens is 9. The first-order valence-electron chi connectivity index (χ1n) is 9.49. The first-order chi connectivity index (χ1) is 16.4. The molecule has 3 aromatic heterocycles. The highest BCUT2D eigenvalue weighted by Gasteiger charge is 2.82. The van der Waals surface area contributed by atoms with Gasteiger partial charge in [-0.25, -0.2) is 23.4 Å². The van der Waals surface area contributed by atoms with Gasteiger partial charge < -0.3 is 0 Å². The van der Waals surface area contributed by atoms with E-state index in [1.165, 1.54) is 25.0 Å². The molecule has 18 heteroatoms. The lowest BCUT2D eigenvalue weighted by molar-refractivity contribution is -0.399. The maximum atomic E-state index is 14.2. The van der Waals surface area contributed by atoms with E-state index in [9.17, 15) is 47.9 Å². The highest BCUT2D eigenvalue weighted by Crippen LogP contribution is 2.56. The number of rotatable bonds is 7. The molecular formula is C18H13F9N6O2S. The van der Waals surface area contributed by atoms with Crippen molar-refractivity contribution in [3.63, 3.8) is 0 Å². The molecule has 3 rings (SSSR count). The fourth-order valence-corrected chi connectivity index (χ4v) is 3.73. The normalized spacial score (nSPS) is 13.8. The molecule has 0 fully saturated rings. The van der Waals surface area contributed by atoms with Gasteiger partial charge in [0, 0.05) is 18.8 Å². The molecule has 0 saturated carbocycles. The summed E-state index contributed by atoms with van der Waals surface area (Å²) in [5, 5.41) is 3.91. The van der Waals surface area contributed by atoms with Crippen molar-refractivity contribution in [2.45, 2.75) is 35.8 Å². The lowest BCUT2D eigenvalue weighted by Gasteiger charge is -2.33. The Balaban J connectivity index is 2.13. The summed E-state index contributed by atoms with van der Waals surface area (Å²) in [7, 11) is -2.58. The van der Waals surface area contributed by atoms with Gasteiger partial charge in [0.05, 0.1) is 17.6 Å². The van der Waals surface area contributed by atoms with Gasteiger partial charge >= 0.3 is 23.9 Å². The number of pyridine rings is 1. The summed E-state index contributed by atoms with van der Waals surface area (Å²) < 4.78 is 146. The summed E-state index contributed by atoms with van der Waals surface area (Å²) >= 11 is 0. The van der Waals surface area contributed by atoms with E-state index in [1.807, 2.05) is 0 Å². The van der Waals surface area contributed by atoms with Gasteiger partial charge in [0.25, 0.3) is 0 Å². The Labute approximate surface area is 196 Å². The Hall–Kier alpha value is -3.31. The molecule has 0 N–H and O–H groups in total. The van der Waals surface area contributed by atoms with E-state index >= 15 is 0 Å². The van der Waals surface area contributed by atoms with E-state index in [0.29, 0.717) is 6.07 Å². The van der Waals surface area contributed by atoms with Crippen LogP contribution in [0.3, 0.4) is 0 Å². The maximum Gasteiger partial charge on any atom is 0.460 e. The van der Waals surface area contributed by atoms with Crippen molar-refractivity contribution in [2.24, 2.45) is 7.05 Å². The van der Waals surface area contributed by atoms with Gasteiger partial charge in [-0.1, -0.05) is 6.92 Å². The second kappa shape index (κ2) is 8.67. The molecule has 0 unspecified atom stereocenters. The van der Waals surface area contributed by atoms with Crippen LogP contribution in [0.2, 0.25) is 0 Å². The first kappa shape index (κ1) is 27.3. The van der Waals surface area contributed by atoms with Crippen molar-refractivity contribution in [1.82, 2.24) is 29.7 Å². The average Bonchev–Trinajstić information content (AvgIpc) is 3.24. The summed E-state index contributed by atoms with van der Waals surface area (Å²) in [6.07, 6.45) is -4.97. The third-order valence-electron chi connectivity index (χ3n) is 4.78. The third kappa shape index (κ3) is 4.37. The van der Waals surface area contributed by atoms with Crippen LogP contribution in [0.5, 0.6) is 0 Å². The van der Waals surface area contributed by atoms with Crippen LogP contribution in [0.1, 0.15) is 12.5 Å². The van der Waals surface area contributed by atoms with Gasteiger partial charge in [-0.05, 0) is 12.1 Å². The van der Waals surface area contributed by atoms with Crippen LogP contribution in [-0.4, -0.2) is 61.9 Å². The van der Waals surface area contributed by atoms with Gasteiger partial charge in [0.15, 0.2) is 15.7 Å². The highest BCUT2D eigenvalue weighted by atomic mass is 32.2. The molecule has 0 aliphatic heterocycles. The van der Waals surface area contributed by atoms with E-state index in [1.54, 1.807) is 0 Å². The fraction of sp³-hybridized carbons (Fsp3) is 0.389. The largest absolute Gasteiger partial charge is 0.460 e. The van der Waals surface area contributed by atoms with Crippen molar-refractivity contribution >= 4 is 9.84 Å². The molecule has 196 valence electrons. The van der Waals surface area contributed by atoms with Crippen molar-refractivity contribution < 1.29 is 47.9 Å². The predicted octanol–water partition coefficient (Wildman–Crippen LogP) is 4.05. The van der Waals surface area contributed by atoms with Crippen LogP contribution >= 0.6 is 0 Å². The molecular weight excluding hydrogens is 535 g/mol. The summed E-state index contributed by atoms with van der Waals surface area (Å²) in [5.74, 6) is -20.8. The average molecular weight is 548 g/mol. The quantitative estimate of drug-likeness (QED) is 0.411. The lowest BCUT2D eigenvalue weighted by atomic mass is 9.98. The standard InChI is InChI=1S/C18H13F9N6O2S/c1-3-36(34,35)11-7-29-13(14-30-8-33(2)32-14)31-12(11)10-5-4-9(6-28-10)15(19,20)16(21,22)17(23,24)18(25,26)27/h4-8H,3H2,1-2H3. The lowest BCUT2D eigenvalue weighted by Crippen LogP contribution is -2.59. The summed E-state index contributed by atoms with van der Waals surface area (Å²) in [6, 6.07) is 0.615. The van der Waals surface area contributed by atoms with E-state index in [4.69, 9.17) is 0 Å². The van der Waals surface area contributed by atoms with Crippen molar-refractivity contribution in [1.29, 1.82) is 0 Å². The number of aromatic nitrogens is 6. The van der Waals surface area contributed by atoms with E-state index in [-0.39, 0.29) is 23.9 Å². The SMILES string of the molecule is CCS(=O)(=O)c1cnc(-c2ncn(C)n2)nc1-c1ccc(C(F)(F)C(F)(F)C(F)(F)C(F)(F)F)cn1. The number of sulfone groups is 1. The first-order valence-corrected chi connectivity index (χ1v) is 11.1. The zero-order valence-electron chi connectivity index (χ0n) is 17.9. The van der Waals surface area contributed by atoms with Gasteiger partial charge in [-0.2, -0.15) is 39.5 Å². The minimum absolute atomic E-state index is 0.0845. The topological polar surface area (TPSA) is 104 Å². The molecule has 0 atom stereocenters. The molecule has 0 spiro atoms. The highest BCUT2D eigenvalue weighted by molar-refractivity contribution is 7.91. The summed E-state index contributed by atoms with van der Waals surface area (Å²) in [5.41, 5.74) is -3.01. The van der Waals surface area contributed by atoms with E-state index < -0.39 is 61.4 Å². The Kier molecular flexibility index (Phi) is 6.57. The Morgan fingerprint density at radius 2 is 1.50 bits per heavy atom. The van der Waals surface area contributed by atoms with Crippen molar-refractivity contribution in [2.75, 3.05) is 5.75 Å². The van der Waals surface area contributed by atoms with Gasteiger partial charge in [0.1, 0.15) is 16.9 Å². The number of nitrogens with zero attached hydrogens (tertiary/aromatic N) is 6. The second-order valence-electron chi connectivity index (χ2n) is 7.20. The third-order valence-corrected chi connectivity index (χ3v) is 6.51. The number of aryl methyl sites for hydroxylation is 1. The van der Waals surface area contributed by atoms with Crippen molar-refractivity contribution in [3.05, 3.63) is 36.4 Å². The number of hydrogen-bond acceptors (Lipinski definition) is 7. The second-order valence-corrected chi connectivity index (χ2v) is 9.45. The molecule has 0 aromatic carbocycles. The van der Waals surface area contributed by atoms with Gasteiger partial charge in [-0.3, -0.25) is 9.67 Å². The van der Waals surface area contributed by atoms with E-state index in [2.05, 4.69) is 25.0 Å². The van der Waals surface area contributed by atoms with Gasteiger partial charge in [-0.15, -0.1) is 5.10 Å². The molecule has 0 amide bonds. The van der Waals surface area contributed by atoms with Crippen LogP contribution < -0.4 is 0 Å². The number of alkyl halides is 9. The van der Waals surface area contributed by atoms with Crippen LogP contribution in [0.4, 0.5) is 39.5 Å². The zero-order valence-corrected chi connectivity index (χ0v) is 18.7. The summed E-state index contributed by atoms with van der Waals surface area (Å²) in [4.78, 5) is 14.5. The molecule has 0 aliphatic rings. The zero-order chi connectivity index (χ0) is 27.3. The molecule has 36 heavy (non-hydrogen) atoms. The minimum atomic E-state index is -7.08. The molecule has 0 aliphatic carbocycles. The molecule has 0 radical (unpaired) electrons. The molecule has 3 heterocycles. The van der Waals surface area contributed by atoms with Crippen LogP contribution in [-0.2, 0) is 22.8 Å². The Bertz CT molecular complexity index is 1370. The van der Waals surface area contributed by atoms with Crippen molar-refractivity contribution in [3.8, 4) is 23.0 Å². The number of hydrogen-bond donors (Lipinski definition) is 0. The monoisotopic (exact) mass is 548 g/mol. The molecule has 3 aromatic rings.